The van der Waals surface area contributed by atoms with Crippen molar-refractivity contribution in [3.8, 4) is 17.9 Å². The summed E-state index contributed by atoms with van der Waals surface area (Å²) in [5.74, 6) is 3.38. The van der Waals surface area contributed by atoms with Crippen molar-refractivity contribution in [3.05, 3.63) is 45.3 Å². The van der Waals surface area contributed by atoms with Crippen molar-refractivity contribution in [2.75, 3.05) is 6.54 Å². The van der Waals surface area contributed by atoms with E-state index in [2.05, 4.69) is 21.9 Å². The molecule has 0 aliphatic heterocycles. The van der Waals surface area contributed by atoms with Gasteiger partial charge in [-0.2, -0.15) is 5.26 Å². The molecule has 1 rings (SSSR count). The summed E-state index contributed by atoms with van der Waals surface area (Å²) in [6, 6.07) is 3.20. The third kappa shape index (κ3) is 3.49. The van der Waals surface area contributed by atoms with Gasteiger partial charge in [0, 0.05) is 17.9 Å². The van der Waals surface area contributed by atoms with Crippen LogP contribution >= 0.6 is 0 Å². The maximum Gasteiger partial charge on any atom is 0.142 e. The first-order valence-electron chi connectivity index (χ1n) is 4.58. The van der Waals surface area contributed by atoms with E-state index in [1.165, 1.54) is 6.07 Å². The molecule has 1 aromatic rings. The lowest BCUT2D eigenvalue weighted by Gasteiger charge is -1.96. The van der Waals surface area contributed by atoms with Crippen LogP contribution in [0, 0.1) is 34.8 Å². The molecule has 0 aromatic heterocycles. The fourth-order valence-electron chi connectivity index (χ4n) is 1.04. The summed E-state index contributed by atoms with van der Waals surface area (Å²) in [5.41, 5.74) is 7.51. The first kappa shape index (κ1) is 12.5. The van der Waals surface area contributed by atoms with Crippen LogP contribution < -0.4 is 0 Å². The molecule has 0 fully saturated rings. The minimum absolute atomic E-state index is 0.123. The average molecular weight is 232 g/mol. The van der Waals surface area contributed by atoms with E-state index in [1.807, 2.05) is 0 Å². The quantitative estimate of drug-likeness (QED) is 0.254. The molecule has 0 aliphatic rings. The lowest BCUT2D eigenvalue weighted by Crippen LogP contribution is -1.91. The molecular weight excluding hydrogens is 226 g/mol. The number of azide groups is 1. The molecule has 0 aliphatic carbocycles. The Hall–Kier alpha value is -2.56. The summed E-state index contributed by atoms with van der Waals surface area (Å²) in [6.45, 7) is 0.171. The van der Waals surface area contributed by atoms with Gasteiger partial charge in [-0.3, -0.25) is 0 Å². The number of nitriles is 1. The summed E-state index contributed by atoms with van der Waals surface area (Å²) in [7, 11) is 0. The second-order valence-corrected chi connectivity index (χ2v) is 2.93. The summed E-state index contributed by atoms with van der Waals surface area (Å²) in [5, 5.41) is 11.7. The lowest BCUT2D eigenvalue weighted by molar-refractivity contribution is 0.594. The van der Waals surface area contributed by atoms with E-state index < -0.39 is 11.6 Å². The molecule has 0 spiro atoms. The van der Waals surface area contributed by atoms with Crippen molar-refractivity contribution < 1.29 is 8.78 Å². The van der Waals surface area contributed by atoms with Crippen LogP contribution in [-0.4, -0.2) is 6.54 Å². The van der Waals surface area contributed by atoms with Gasteiger partial charge in [0.25, 0.3) is 0 Å². The van der Waals surface area contributed by atoms with E-state index in [0.29, 0.717) is 0 Å². The number of hydrogen-bond acceptors (Lipinski definition) is 2. The molecule has 0 amide bonds. The van der Waals surface area contributed by atoms with E-state index in [-0.39, 0.29) is 24.1 Å². The summed E-state index contributed by atoms with van der Waals surface area (Å²) >= 11 is 0. The molecular formula is C11H6F2N4. The van der Waals surface area contributed by atoms with E-state index in [9.17, 15) is 8.78 Å². The predicted octanol–water partition coefficient (Wildman–Crippen LogP) is 2.89. The topological polar surface area (TPSA) is 72.5 Å². The molecule has 1 aromatic carbocycles. The lowest BCUT2D eigenvalue weighted by atomic mass is 10.1. The second kappa shape index (κ2) is 6.12. The molecule has 0 saturated heterocycles. The van der Waals surface area contributed by atoms with Gasteiger partial charge < -0.3 is 0 Å². The standard InChI is InChI=1S/C11H6F2N4/c12-10-6-9(7-14)11(13)5-8(10)3-1-2-4-16-17-15/h5-6H,2,4H2. The highest BCUT2D eigenvalue weighted by atomic mass is 19.1. The van der Waals surface area contributed by atoms with Gasteiger partial charge in [-0.05, 0) is 17.7 Å². The molecule has 0 atom stereocenters. The number of halogens is 2. The van der Waals surface area contributed by atoms with Gasteiger partial charge in [0.15, 0.2) is 0 Å². The van der Waals surface area contributed by atoms with E-state index >= 15 is 0 Å². The molecule has 0 saturated carbocycles. The van der Waals surface area contributed by atoms with Crippen molar-refractivity contribution in [3.63, 3.8) is 0 Å². The van der Waals surface area contributed by atoms with Crippen LogP contribution in [0.3, 0.4) is 0 Å². The zero-order valence-corrected chi connectivity index (χ0v) is 8.61. The molecule has 17 heavy (non-hydrogen) atoms. The maximum absolute atomic E-state index is 13.3. The zero-order chi connectivity index (χ0) is 12.7. The van der Waals surface area contributed by atoms with E-state index in [4.69, 9.17) is 10.8 Å². The normalized spacial score (nSPS) is 8.53. The third-order valence-corrected chi connectivity index (χ3v) is 1.80. The fourth-order valence-corrected chi connectivity index (χ4v) is 1.04. The van der Waals surface area contributed by atoms with Gasteiger partial charge in [0.2, 0.25) is 0 Å². The number of benzene rings is 1. The highest BCUT2D eigenvalue weighted by Gasteiger charge is 2.07. The molecule has 84 valence electrons. The Balaban J connectivity index is 2.89. The Labute approximate surface area is 96.1 Å². The molecule has 0 heterocycles. The highest BCUT2D eigenvalue weighted by molar-refractivity contribution is 5.42. The molecule has 0 radical (unpaired) electrons. The minimum atomic E-state index is -0.812. The Morgan fingerprint density at radius 2 is 1.94 bits per heavy atom. The molecule has 6 heteroatoms. The van der Waals surface area contributed by atoms with Gasteiger partial charge in [0.05, 0.1) is 11.1 Å². The van der Waals surface area contributed by atoms with Gasteiger partial charge in [-0.25, -0.2) is 8.78 Å². The van der Waals surface area contributed by atoms with Crippen LogP contribution in [0.25, 0.3) is 10.4 Å². The van der Waals surface area contributed by atoms with Crippen LogP contribution in [0.2, 0.25) is 0 Å². The van der Waals surface area contributed by atoms with Crippen molar-refractivity contribution in [1.82, 2.24) is 0 Å². The number of hydrogen-bond donors (Lipinski definition) is 0. The van der Waals surface area contributed by atoms with Gasteiger partial charge in [-0.15, -0.1) is 0 Å². The molecule has 0 bridgehead atoms. The van der Waals surface area contributed by atoms with Crippen LogP contribution in [0.1, 0.15) is 17.5 Å². The first-order valence-corrected chi connectivity index (χ1v) is 4.58. The van der Waals surface area contributed by atoms with Crippen LogP contribution in [0.5, 0.6) is 0 Å². The first-order chi connectivity index (χ1) is 8.19. The Morgan fingerprint density at radius 1 is 1.29 bits per heavy atom. The predicted molar refractivity (Wildman–Crippen MR) is 56.6 cm³/mol. The maximum atomic E-state index is 13.3. The van der Waals surface area contributed by atoms with E-state index in [1.54, 1.807) is 0 Å². The summed E-state index contributed by atoms with van der Waals surface area (Å²) < 4.78 is 26.4. The smallest absolute Gasteiger partial charge is 0.142 e. The Bertz CT molecular complexity index is 572. The zero-order valence-electron chi connectivity index (χ0n) is 8.61. The van der Waals surface area contributed by atoms with Gasteiger partial charge in [0.1, 0.15) is 17.7 Å². The number of rotatable bonds is 2. The molecule has 0 unspecified atom stereocenters. The number of nitrogens with zero attached hydrogens (tertiary/aromatic N) is 4. The summed E-state index contributed by atoms with van der Waals surface area (Å²) in [6.07, 6.45) is 0.255. The molecule has 4 nitrogen and oxygen atoms in total. The van der Waals surface area contributed by atoms with Crippen LogP contribution in [0.4, 0.5) is 8.78 Å². The fraction of sp³-hybridized carbons (Fsp3) is 0.182. The largest absolute Gasteiger partial charge is 0.206 e. The van der Waals surface area contributed by atoms with Crippen molar-refractivity contribution in [2.24, 2.45) is 5.11 Å². The van der Waals surface area contributed by atoms with Crippen molar-refractivity contribution in [2.45, 2.75) is 6.42 Å². The van der Waals surface area contributed by atoms with Gasteiger partial charge >= 0.3 is 0 Å². The van der Waals surface area contributed by atoms with Gasteiger partial charge in [-0.1, -0.05) is 17.0 Å². The summed E-state index contributed by atoms with van der Waals surface area (Å²) in [4.78, 5) is 2.52. The minimum Gasteiger partial charge on any atom is -0.206 e. The van der Waals surface area contributed by atoms with E-state index in [0.717, 1.165) is 12.1 Å². The third-order valence-electron chi connectivity index (χ3n) is 1.80. The Kier molecular flexibility index (Phi) is 4.50. The van der Waals surface area contributed by atoms with Crippen molar-refractivity contribution >= 4 is 0 Å². The molecule has 0 N–H and O–H groups in total. The Morgan fingerprint density at radius 3 is 2.59 bits per heavy atom. The highest BCUT2D eigenvalue weighted by Crippen LogP contribution is 2.13. The monoisotopic (exact) mass is 232 g/mol. The van der Waals surface area contributed by atoms with Crippen LogP contribution in [0.15, 0.2) is 17.2 Å². The second-order valence-electron chi connectivity index (χ2n) is 2.93. The van der Waals surface area contributed by atoms with Crippen LogP contribution in [-0.2, 0) is 0 Å². The average Bonchev–Trinajstić information content (AvgIpc) is 2.32. The van der Waals surface area contributed by atoms with Crippen molar-refractivity contribution in [1.29, 1.82) is 5.26 Å². The SMILES string of the molecule is N#Cc1cc(F)c(C#CCCN=[N+]=[N-])cc1F.